The zero-order valence-electron chi connectivity index (χ0n) is 7.37. The highest BCUT2D eigenvalue weighted by molar-refractivity contribution is 6.19. The fourth-order valence-corrected chi connectivity index (χ4v) is 0.205. The maximum atomic E-state index is 9.74. The van der Waals surface area contributed by atoms with Gasteiger partial charge in [-0.3, -0.25) is 0 Å². The van der Waals surface area contributed by atoms with Crippen LogP contribution in [-0.2, 0) is 9.59 Å². The van der Waals surface area contributed by atoms with Gasteiger partial charge in [-0.05, 0) is 6.42 Å². The van der Waals surface area contributed by atoms with E-state index in [9.17, 15) is 9.59 Å². The van der Waals surface area contributed by atoms with E-state index in [1.165, 1.54) is 0 Å². The minimum Gasteiger partial charge on any atom is -0.384 e. The molecule has 0 aromatic heterocycles. The first-order valence-corrected chi connectivity index (χ1v) is 4.30. The van der Waals surface area contributed by atoms with E-state index in [4.69, 9.17) is 16.7 Å². The normalized spacial score (nSPS) is 12.6. The van der Waals surface area contributed by atoms with Gasteiger partial charge >= 0.3 is 0 Å². The quantitative estimate of drug-likeness (QED) is 0.567. The van der Waals surface area contributed by atoms with Gasteiger partial charge in [0, 0.05) is 5.92 Å². The van der Waals surface area contributed by atoms with Crippen molar-refractivity contribution in [2.24, 2.45) is 5.92 Å². The lowest BCUT2D eigenvalue weighted by Crippen LogP contribution is -2.08. The van der Waals surface area contributed by atoms with Crippen LogP contribution in [0.15, 0.2) is 0 Å². The molecular weight excluding hydrogens is 192 g/mol. The van der Waals surface area contributed by atoms with Gasteiger partial charge in [0.05, 0.1) is 5.88 Å². The summed E-state index contributed by atoms with van der Waals surface area (Å²) < 4.78 is 0. The molecule has 0 aliphatic carbocycles. The molecule has 0 aromatic carbocycles. The molecule has 0 radical (unpaired) electrons. The van der Waals surface area contributed by atoms with Crippen LogP contribution in [-0.4, -0.2) is 29.7 Å². The van der Waals surface area contributed by atoms with Crippen molar-refractivity contribution in [3.8, 4) is 0 Å². The molecule has 80 valence electrons. The highest BCUT2D eigenvalue weighted by Crippen LogP contribution is 1.91. The first kappa shape index (κ1) is 18.4. The molecule has 0 rings (SSSR count). The van der Waals surface area contributed by atoms with Gasteiger partial charge in [-0.25, -0.2) is 0 Å². The third kappa shape index (κ3) is 18.5. The van der Waals surface area contributed by atoms with E-state index in [0.29, 0.717) is 6.29 Å². The summed E-state index contributed by atoms with van der Waals surface area (Å²) >= 11 is 4.97. The van der Waals surface area contributed by atoms with Gasteiger partial charge in [0.15, 0.2) is 0 Å². The predicted molar refractivity (Wildman–Crippen MR) is 55.0 cm³/mol. The maximum absolute atomic E-state index is 9.74. The molecule has 0 fully saturated rings. The summed E-state index contributed by atoms with van der Waals surface area (Å²) in [6.45, 7) is 3.91. The van der Waals surface area contributed by atoms with Crippen molar-refractivity contribution in [3.63, 3.8) is 0 Å². The van der Waals surface area contributed by atoms with Crippen LogP contribution in [0.1, 0.15) is 27.7 Å². The van der Waals surface area contributed by atoms with Gasteiger partial charge in [-0.2, -0.15) is 0 Å². The Labute approximate surface area is 85.1 Å². The Kier molecular flexibility index (Phi) is 20.0. The summed E-state index contributed by atoms with van der Waals surface area (Å²) in [5.74, 6) is 0.244. The van der Waals surface area contributed by atoms with Crippen molar-refractivity contribution >= 4 is 24.2 Å². The fraction of sp³-hybridized carbons (Fsp3) is 0.778. The number of carbonyl (C=O) groups is 2. The molecule has 13 heavy (non-hydrogen) atoms. The molecule has 1 N–H and O–H groups in total. The van der Waals surface area contributed by atoms with Gasteiger partial charge in [0.25, 0.3) is 0 Å². The summed E-state index contributed by atoms with van der Waals surface area (Å²) in [6, 6.07) is 0. The topological polar surface area (TPSA) is 54.4 Å². The Morgan fingerprint density at radius 1 is 1.38 bits per heavy atom. The molecule has 2 unspecified atom stereocenters. The van der Waals surface area contributed by atoms with Crippen LogP contribution in [0.2, 0.25) is 0 Å². The van der Waals surface area contributed by atoms with Crippen molar-refractivity contribution in [3.05, 3.63) is 0 Å². The van der Waals surface area contributed by atoms with E-state index in [2.05, 4.69) is 0 Å². The average molecular weight is 211 g/mol. The van der Waals surface area contributed by atoms with Gasteiger partial charge in [-0.1, -0.05) is 21.3 Å². The van der Waals surface area contributed by atoms with Crippen LogP contribution in [0, 0.1) is 5.92 Å². The molecule has 0 saturated heterocycles. The van der Waals surface area contributed by atoms with Gasteiger partial charge in [-0.15, -0.1) is 11.6 Å². The Bertz CT molecular complexity index is 103. The zero-order valence-corrected chi connectivity index (χ0v) is 8.12. The Hall–Kier alpha value is -0.410. The van der Waals surface area contributed by atoms with Crippen LogP contribution >= 0.6 is 11.6 Å². The number of hydrogen-bond donors (Lipinski definition) is 1. The molecular formula is C9H19ClO3. The number of rotatable bonds is 4. The lowest BCUT2D eigenvalue weighted by Gasteiger charge is -1.89. The van der Waals surface area contributed by atoms with Gasteiger partial charge < -0.3 is 14.7 Å². The minimum absolute atomic E-state index is 0. The third-order valence-corrected chi connectivity index (χ3v) is 1.51. The number of aliphatic hydroxyl groups is 1. The van der Waals surface area contributed by atoms with Crippen LogP contribution in [0.3, 0.4) is 0 Å². The fourth-order valence-electron chi connectivity index (χ4n) is 0.133. The van der Waals surface area contributed by atoms with Crippen molar-refractivity contribution < 1.29 is 14.7 Å². The zero-order chi connectivity index (χ0) is 9.98. The van der Waals surface area contributed by atoms with E-state index < -0.39 is 6.10 Å². The van der Waals surface area contributed by atoms with E-state index in [-0.39, 0.29) is 19.2 Å². The number of carbonyl (C=O) groups excluding carboxylic acids is 2. The molecule has 0 aliphatic heterocycles. The molecule has 0 bridgehead atoms. The lowest BCUT2D eigenvalue weighted by atomic mass is 10.2. The Morgan fingerprint density at radius 3 is 1.85 bits per heavy atom. The van der Waals surface area contributed by atoms with Crippen LogP contribution < -0.4 is 0 Å². The monoisotopic (exact) mass is 210 g/mol. The van der Waals surface area contributed by atoms with Crippen molar-refractivity contribution in [1.29, 1.82) is 0 Å². The number of halogens is 1. The smallest absolute Gasteiger partial charge is 0.149 e. The Balaban J connectivity index is -0.000000143. The number of aldehydes is 2. The highest BCUT2D eigenvalue weighted by atomic mass is 35.5. The molecule has 3 nitrogen and oxygen atoms in total. The van der Waals surface area contributed by atoms with E-state index in [1.807, 2.05) is 13.8 Å². The van der Waals surface area contributed by atoms with E-state index in [1.54, 1.807) is 0 Å². The summed E-state index contributed by atoms with van der Waals surface area (Å²) in [5, 5.41) is 8.17. The molecule has 0 amide bonds. The van der Waals surface area contributed by atoms with Gasteiger partial charge in [0.2, 0.25) is 0 Å². The molecule has 4 heteroatoms. The minimum atomic E-state index is -0.980. The summed E-state index contributed by atoms with van der Waals surface area (Å²) in [4.78, 5) is 19.1. The van der Waals surface area contributed by atoms with Crippen molar-refractivity contribution in [1.82, 2.24) is 0 Å². The van der Waals surface area contributed by atoms with Crippen LogP contribution in [0.5, 0.6) is 0 Å². The second-order valence-corrected chi connectivity index (χ2v) is 2.69. The SMILES string of the molecule is C.CCC(C)C=O.O=CC(O)CCl. The van der Waals surface area contributed by atoms with E-state index >= 15 is 0 Å². The third-order valence-electron chi connectivity index (χ3n) is 1.19. The number of alkyl halides is 1. The summed E-state index contributed by atoms with van der Waals surface area (Å²) in [5.41, 5.74) is 0. The largest absolute Gasteiger partial charge is 0.384 e. The van der Waals surface area contributed by atoms with E-state index in [0.717, 1.165) is 12.7 Å². The summed E-state index contributed by atoms with van der Waals surface area (Å²) in [6.07, 6.45) is 1.35. The molecule has 2 atom stereocenters. The van der Waals surface area contributed by atoms with Crippen molar-refractivity contribution in [2.75, 3.05) is 5.88 Å². The second-order valence-electron chi connectivity index (χ2n) is 2.38. The highest BCUT2D eigenvalue weighted by Gasteiger charge is 1.93. The first-order valence-electron chi connectivity index (χ1n) is 3.76. The molecule has 0 aromatic rings. The molecule has 0 saturated carbocycles. The second kappa shape index (κ2) is 14.1. The first-order chi connectivity index (χ1) is 5.62. The maximum Gasteiger partial charge on any atom is 0.149 e. The average Bonchev–Trinajstić information content (AvgIpc) is 2.16. The standard InChI is InChI=1S/C5H10O.C3H5ClO2.CH4/c1-3-5(2)4-6;4-1-3(6)2-5;/h4-5H,3H2,1-2H3;2-3,6H,1H2;1H4. The number of hydrogen-bond acceptors (Lipinski definition) is 3. The van der Waals surface area contributed by atoms with Gasteiger partial charge in [0.1, 0.15) is 18.7 Å². The van der Waals surface area contributed by atoms with Crippen molar-refractivity contribution in [2.45, 2.75) is 33.8 Å². The molecule has 0 aliphatic rings. The lowest BCUT2D eigenvalue weighted by molar-refractivity contribution is -0.114. The number of aliphatic hydroxyl groups excluding tert-OH is 1. The summed E-state index contributed by atoms with van der Waals surface area (Å²) in [7, 11) is 0. The molecule has 0 heterocycles. The predicted octanol–water partition coefficient (Wildman–Crippen LogP) is 1.65. The van der Waals surface area contributed by atoms with Crippen LogP contribution in [0.25, 0.3) is 0 Å². The Morgan fingerprint density at radius 2 is 1.85 bits per heavy atom. The molecule has 0 spiro atoms. The van der Waals surface area contributed by atoms with Crippen LogP contribution in [0.4, 0.5) is 0 Å².